The van der Waals surface area contributed by atoms with Gasteiger partial charge in [0, 0.05) is 12.6 Å². The summed E-state index contributed by atoms with van der Waals surface area (Å²) < 4.78 is 5.69. The van der Waals surface area contributed by atoms with Gasteiger partial charge in [0.15, 0.2) is 0 Å². The fraction of sp³-hybridized carbons (Fsp3) is 1.00. The maximum atomic E-state index is 10.1. The summed E-state index contributed by atoms with van der Waals surface area (Å²) in [6.07, 6.45) is 4.64. The SMILES string of the molecule is CCCC(C)(O)CNC1CC(C)OC(C)C1. The lowest BCUT2D eigenvalue weighted by Crippen LogP contribution is -2.47. The number of hydrogen-bond donors (Lipinski definition) is 2. The van der Waals surface area contributed by atoms with Crippen molar-refractivity contribution in [2.45, 2.75) is 77.2 Å². The number of nitrogens with one attached hydrogen (secondary N) is 1. The van der Waals surface area contributed by atoms with Crippen LogP contribution in [0.2, 0.25) is 0 Å². The average Bonchev–Trinajstić information content (AvgIpc) is 2.13. The van der Waals surface area contributed by atoms with Crippen LogP contribution in [0.25, 0.3) is 0 Å². The molecule has 16 heavy (non-hydrogen) atoms. The van der Waals surface area contributed by atoms with Gasteiger partial charge in [0.2, 0.25) is 0 Å². The number of rotatable bonds is 5. The van der Waals surface area contributed by atoms with Crippen molar-refractivity contribution < 1.29 is 9.84 Å². The fourth-order valence-corrected chi connectivity index (χ4v) is 2.56. The van der Waals surface area contributed by atoms with Crippen LogP contribution in [0, 0.1) is 0 Å². The van der Waals surface area contributed by atoms with Gasteiger partial charge >= 0.3 is 0 Å². The molecule has 3 atom stereocenters. The second-order valence-corrected chi connectivity index (χ2v) is 5.55. The van der Waals surface area contributed by atoms with E-state index in [2.05, 4.69) is 26.1 Å². The first kappa shape index (κ1) is 13.9. The molecule has 1 rings (SSSR count). The average molecular weight is 229 g/mol. The van der Waals surface area contributed by atoms with E-state index in [1.165, 1.54) is 0 Å². The third-order valence-electron chi connectivity index (χ3n) is 3.26. The molecule has 1 aliphatic heterocycles. The molecule has 1 aliphatic rings. The molecule has 96 valence electrons. The van der Waals surface area contributed by atoms with E-state index in [1.54, 1.807) is 0 Å². The van der Waals surface area contributed by atoms with Gasteiger partial charge in [0.1, 0.15) is 0 Å². The second kappa shape index (κ2) is 5.99. The van der Waals surface area contributed by atoms with E-state index in [9.17, 15) is 5.11 Å². The standard InChI is InChI=1S/C13H27NO2/c1-5-6-13(4,15)9-14-12-7-10(2)16-11(3)8-12/h10-12,14-15H,5-9H2,1-4H3. The molecule has 3 nitrogen and oxygen atoms in total. The Kier molecular flexibility index (Phi) is 5.22. The molecule has 0 aromatic heterocycles. The maximum Gasteiger partial charge on any atom is 0.0743 e. The first-order valence-electron chi connectivity index (χ1n) is 6.54. The summed E-state index contributed by atoms with van der Waals surface area (Å²) in [6.45, 7) is 8.94. The first-order valence-corrected chi connectivity index (χ1v) is 6.54. The molecule has 0 aromatic carbocycles. The van der Waals surface area contributed by atoms with E-state index >= 15 is 0 Å². The predicted molar refractivity (Wildman–Crippen MR) is 66.6 cm³/mol. The van der Waals surface area contributed by atoms with Gasteiger partial charge in [-0.05, 0) is 40.0 Å². The molecule has 0 saturated carbocycles. The smallest absolute Gasteiger partial charge is 0.0743 e. The number of hydrogen-bond acceptors (Lipinski definition) is 3. The molecule has 1 saturated heterocycles. The largest absolute Gasteiger partial charge is 0.389 e. The Morgan fingerprint density at radius 3 is 2.38 bits per heavy atom. The van der Waals surface area contributed by atoms with Crippen LogP contribution in [0.3, 0.4) is 0 Å². The third kappa shape index (κ3) is 4.81. The minimum absolute atomic E-state index is 0.331. The van der Waals surface area contributed by atoms with Crippen LogP contribution in [0.4, 0.5) is 0 Å². The van der Waals surface area contributed by atoms with E-state index < -0.39 is 5.60 Å². The van der Waals surface area contributed by atoms with Gasteiger partial charge in [-0.25, -0.2) is 0 Å². The zero-order valence-corrected chi connectivity index (χ0v) is 11.1. The van der Waals surface area contributed by atoms with Crippen LogP contribution in [0.5, 0.6) is 0 Å². The van der Waals surface area contributed by atoms with Gasteiger partial charge in [-0.15, -0.1) is 0 Å². The summed E-state index contributed by atoms with van der Waals surface area (Å²) in [5.41, 5.74) is -0.570. The second-order valence-electron chi connectivity index (χ2n) is 5.55. The topological polar surface area (TPSA) is 41.5 Å². The third-order valence-corrected chi connectivity index (χ3v) is 3.26. The Labute approximate surface area is 99.6 Å². The van der Waals surface area contributed by atoms with Crippen molar-refractivity contribution in [2.24, 2.45) is 0 Å². The van der Waals surface area contributed by atoms with Crippen LogP contribution in [-0.2, 0) is 4.74 Å². The molecule has 3 heteroatoms. The summed E-state index contributed by atoms with van der Waals surface area (Å²) in [7, 11) is 0. The lowest BCUT2D eigenvalue weighted by molar-refractivity contribution is -0.0463. The molecule has 1 heterocycles. The number of aliphatic hydroxyl groups is 1. The van der Waals surface area contributed by atoms with Crippen molar-refractivity contribution in [1.29, 1.82) is 0 Å². The molecule has 0 radical (unpaired) electrons. The van der Waals surface area contributed by atoms with E-state index in [4.69, 9.17) is 4.74 Å². The lowest BCUT2D eigenvalue weighted by Gasteiger charge is -2.34. The van der Waals surface area contributed by atoms with Crippen molar-refractivity contribution in [3.8, 4) is 0 Å². The summed E-state index contributed by atoms with van der Waals surface area (Å²) in [5.74, 6) is 0. The van der Waals surface area contributed by atoms with Gasteiger partial charge < -0.3 is 15.2 Å². The minimum atomic E-state index is -0.570. The van der Waals surface area contributed by atoms with Crippen molar-refractivity contribution >= 4 is 0 Å². The molecule has 0 spiro atoms. The van der Waals surface area contributed by atoms with Gasteiger partial charge in [-0.3, -0.25) is 0 Å². The van der Waals surface area contributed by atoms with E-state index in [1.807, 2.05) is 6.92 Å². The Morgan fingerprint density at radius 1 is 1.31 bits per heavy atom. The highest BCUT2D eigenvalue weighted by Gasteiger charge is 2.26. The van der Waals surface area contributed by atoms with E-state index in [-0.39, 0.29) is 0 Å². The Morgan fingerprint density at radius 2 is 1.88 bits per heavy atom. The van der Waals surface area contributed by atoms with Gasteiger partial charge in [0.25, 0.3) is 0 Å². The van der Waals surface area contributed by atoms with E-state index in [0.717, 1.165) is 25.7 Å². The molecule has 0 aromatic rings. The van der Waals surface area contributed by atoms with E-state index in [0.29, 0.717) is 24.8 Å². The van der Waals surface area contributed by atoms with Gasteiger partial charge in [-0.1, -0.05) is 13.3 Å². The van der Waals surface area contributed by atoms with Crippen LogP contribution < -0.4 is 5.32 Å². The monoisotopic (exact) mass is 229 g/mol. The normalized spacial score (nSPS) is 34.7. The highest BCUT2D eigenvalue weighted by atomic mass is 16.5. The maximum absolute atomic E-state index is 10.1. The quantitative estimate of drug-likeness (QED) is 0.758. The van der Waals surface area contributed by atoms with Crippen LogP contribution in [-0.4, -0.2) is 35.5 Å². The molecule has 2 N–H and O–H groups in total. The Balaban J connectivity index is 2.31. The molecule has 0 bridgehead atoms. The molecular formula is C13H27NO2. The predicted octanol–water partition coefficient (Wildman–Crippen LogP) is 2.08. The van der Waals surface area contributed by atoms with Crippen LogP contribution >= 0.6 is 0 Å². The van der Waals surface area contributed by atoms with Crippen molar-refractivity contribution in [1.82, 2.24) is 5.32 Å². The Hall–Kier alpha value is -0.120. The molecule has 0 amide bonds. The highest BCUT2D eigenvalue weighted by molar-refractivity contribution is 4.82. The van der Waals surface area contributed by atoms with Crippen molar-refractivity contribution in [3.05, 3.63) is 0 Å². The van der Waals surface area contributed by atoms with Gasteiger partial charge in [0.05, 0.1) is 17.8 Å². The summed E-state index contributed by atoms with van der Waals surface area (Å²) in [5, 5.41) is 13.6. The van der Waals surface area contributed by atoms with Gasteiger partial charge in [-0.2, -0.15) is 0 Å². The molecular weight excluding hydrogens is 202 g/mol. The summed E-state index contributed by atoms with van der Waals surface area (Å²) in [6, 6.07) is 0.488. The van der Waals surface area contributed by atoms with Crippen molar-refractivity contribution in [2.75, 3.05) is 6.54 Å². The number of ether oxygens (including phenoxy) is 1. The zero-order chi connectivity index (χ0) is 12.2. The lowest BCUT2D eigenvalue weighted by atomic mass is 9.96. The first-order chi connectivity index (χ1) is 7.43. The summed E-state index contributed by atoms with van der Waals surface area (Å²) in [4.78, 5) is 0. The zero-order valence-electron chi connectivity index (χ0n) is 11.1. The highest BCUT2D eigenvalue weighted by Crippen LogP contribution is 2.20. The van der Waals surface area contributed by atoms with Crippen molar-refractivity contribution in [3.63, 3.8) is 0 Å². The molecule has 1 fully saturated rings. The molecule has 0 aliphatic carbocycles. The Bertz CT molecular complexity index is 196. The minimum Gasteiger partial charge on any atom is -0.389 e. The fourth-order valence-electron chi connectivity index (χ4n) is 2.56. The molecule has 3 unspecified atom stereocenters. The van der Waals surface area contributed by atoms with Crippen LogP contribution in [0.1, 0.15) is 53.4 Å². The van der Waals surface area contributed by atoms with Crippen LogP contribution in [0.15, 0.2) is 0 Å². The summed E-state index contributed by atoms with van der Waals surface area (Å²) >= 11 is 0.